The van der Waals surface area contributed by atoms with E-state index in [1.807, 2.05) is 18.2 Å². The summed E-state index contributed by atoms with van der Waals surface area (Å²) in [4.78, 5) is 25.1. The van der Waals surface area contributed by atoms with Crippen molar-refractivity contribution in [1.29, 1.82) is 0 Å². The average Bonchev–Trinajstić information content (AvgIpc) is 3.15. The second-order valence-corrected chi connectivity index (χ2v) is 6.11. The van der Waals surface area contributed by atoms with Crippen LogP contribution in [0.4, 0.5) is 5.82 Å². The fourth-order valence-electron chi connectivity index (χ4n) is 2.64. The summed E-state index contributed by atoms with van der Waals surface area (Å²) >= 11 is 0. The summed E-state index contributed by atoms with van der Waals surface area (Å²) < 4.78 is 15.6. The third kappa shape index (κ3) is 5.32. The molecule has 0 bridgehead atoms. The smallest absolute Gasteiger partial charge is 0.331 e. The van der Waals surface area contributed by atoms with Crippen LogP contribution in [0, 0.1) is 6.92 Å². The molecular weight excluding hydrogens is 372 g/mol. The lowest BCUT2D eigenvalue weighted by atomic mass is 10.1. The number of rotatable bonds is 7. The first-order valence-electron chi connectivity index (χ1n) is 8.87. The van der Waals surface area contributed by atoms with Gasteiger partial charge in [0.15, 0.2) is 5.82 Å². The quantitative estimate of drug-likeness (QED) is 0.484. The highest BCUT2D eigenvalue weighted by atomic mass is 16.5. The number of methoxy groups -OCH3 is 1. The number of ether oxygens (including phenoxy) is 2. The Balaban J connectivity index is 1.76. The van der Waals surface area contributed by atoms with Gasteiger partial charge in [-0.05, 0) is 19.1 Å². The first kappa shape index (κ1) is 19.9. The molecule has 2 aromatic carbocycles. The van der Waals surface area contributed by atoms with Gasteiger partial charge in [-0.25, -0.2) is 4.79 Å². The molecule has 1 unspecified atom stereocenters. The van der Waals surface area contributed by atoms with Crippen molar-refractivity contribution < 1.29 is 23.6 Å². The van der Waals surface area contributed by atoms with E-state index in [0.717, 1.165) is 0 Å². The van der Waals surface area contributed by atoms with E-state index in [1.165, 1.54) is 6.08 Å². The Morgan fingerprint density at radius 2 is 1.83 bits per heavy atom. The maximum absolute atomic E-state index is 12.7. The van der Waals surface area contributed by atoms with Crippen LogP contribution in [-0.4, -0.2) is 24.1 Å². The molecule has 7 nitrogen and oxygen atoms in total. The molecule has 1 amide bonds. The molecule has 29 heavy (non-hydrogen) atoms. The maximum atomic E-state index is 12.7. The van der Waals surface area contributed by atoms with E-state index in [4.69, 9.17) is 14.0 Å². The third-order valence-corrected chi connectivity index (χ3v) is 3.99. The monoisotopic (exact) mass is 392 g/mol. The summed E-state index contributed by atoms with van der Waals surface area (Å²) in [6, 6.07) is 17.5. The molecule has 7 heteroatoms. The second kappa shape index (κ2) is 9.36. The molecule has 0 aliphatic carbocycles. The lowest BCUT2D eigenvalue weighted by molar-refractivity contribution is -0.149. The summed E-state index contributed by atoms with van der Waals surface area (Å²) in [5.74, 6) is 0.206. The van der Waals surface area contributed by atoms with Crippen LogP contribution in [0.2, 0.25) is 0 Å². The number of para-hydroxylation sites is 1. The fourth-order valence-corrected chi connectivity index (χ4v) is 2.64. The largest absolute Gasteiger partial charge is 0.496 e. The lowest BCUT2D eigenvalue weighted by Crippen LogP contribution is -2.25. The number of aromatic nitrogens is 1. The van der Waals surface area contributed by atoms with Crippen molar-refractivity contribution in [3.8, 4) is 5.75 Å². The standard InChI is InChI=1S/C22H20N2O5/c1-15-14-19(24-29-15)23-22(26)21(17-9-4-3-5-10-17)28-20(25)13-12-16-8-6-7-11-18(16)27-2/h3-14,21H,1-2H3,(H,23,24,26)/b13-12+. The zero-order valence-electron chi connectivity index (χ0n) is 16.0. The van der Waals surface area contributed by atoms with Crippen LogP contribution in [0.15, 0.2) is 71.3 Å². The molecule has 0 saturated heterocycles. The van der Waals surface area contributed by atoms with Gasteiger partial charge in [0.25, 0.3) is 5.91 Å². The van der Waals surface area contributed by atoms with E-state index in [2.05, 4.69) is 10.5 Å². The summed E-state index contributed by atoms with van der Waals surface area (Å²) in [5.41, 5.74) is 1.25. The van der Waals surface area contributed by atoms with E-state index in [9.17, 15) is 9.59 Å². The lowest BCUT2D eigenvalue weighted by Gasteiger charge is -2.16. The van der Waals surface area contributed by atoms with Gasteiger partial charge in [-0.2, -0.15) is 0 Å². The molecule has 1 heterocycles. The van der Waals surface area contributed by atoms with Crippen LogP contribution in [0.25, 0.3) is 6.08 Å². The van der Waals surface area contributed by atoms with Gasteiger partial charge >= 0.3 is 5.97 Å². The number of nitrogens with one attached hydrogen (secondary N) is 1. The van der Waals surface area contributed by atoms with E-state index in [1.54, 1.807) is 62.6 Å². The normalized spacial score (nSPS) is 11.8. The van der Waals surface area contributed by atoms with Gasteiger partial charge in [-0.15, -0.1) is 0 Å². The minimum atomic E-state index is -1.15. The molecule has 0 saturated carbocycles. The van der Waals surface area contributed by atoms with E-state index < -0.39 is 18.0 Å². The van der Waals surface area contributed by atoms with E-state index in [0.29, 0.717) is 22.6 Å². The van der Waals surface area contributed by atoms with Gasteiger partial charge in [-0.3, -0.25) is 4.79 Å². The number of anilines is 1. The van der Waals surface area contributed by atoms with Crippen molar-refractivity contribution >= 4 is 23.8 Å². The van der Waals surface area contributed by atoms with Gasteiger partial charge in [-0.1, -0.05) is 53.7 Å². The zero-order chi connectivity index (χ0) is 20.6. The van der Waals surface area contributed by atoms with Crippen LogP contribution in [0.1, 0.15) is 23.0 Å². The van der Waals surface area contributed by atoms with Crippen LogP contribution >= 0.6 is 0 Å². The minimum Gasteiger partial charge on any atom is -0.496 e. The van der Waals surface area contributed by atoms with Crippen molar-refractivity contribution in [2.24, 2.45) is 0 Å². The number of amides is 1. The van der Waals surface area contributed by atoms with Gasteiger partial charge in [0.05, 0.1) is 7.11 Å². The zero-order valence-corrected chi connectivity index (χ0v) is 16.0. The van der Waals surface area contributed by atoms with E-state index >= 15 is 0 Å². The van der Waals surface area contributed by atoms with Crippen LogP contribution in [0.5, 0.6) is 5.75 Å². The third-order valence-electron chi connectivity index (χ3n) is 3.99. The predicted octanol–water partition coefficient (Wildman–Crippen LogP) is 3.93. The Hall–Kier alpha value is -3.87. The number of hydrogen-bond acceptors (Lipinski definition) is 6. The molecule has 1 aromatic heterocycles. The van der Waals surface area contributed by atoms with Crippen LogP contribution < -0.4 is 10.1 Å². The number of aryl methyl sites for hydroxylation is 1. The van der Waals surface area contributed by atoms with Gasteiger partial charge in [0.2, 0.25) is 6.10 Å². The highest BCUT2D eigenvalue weighted by Crippen LogP contribution is 2.22. The fraction of sp³-hybridized carbons (Fsp3) is 0.136. The number of esters is 1. The maximum Gasteiger partial charge on any atom is 0.331 e. The molecule has 3 aromatic rings. The second-order valence-electron chi connectivity index (χ2n) is 6.11. The molecule has 0 fully saturated rings. The molecule has 0 spiro atoms. The van der Waals surface area contributed by atoms with Crippen molar-refractivity contribution in [2.45, 2.75) is 13.0 Å². The number of nitrogens with zero attached hydrogens (tertiary/aromatic N) is 1. The molecule has 1 atom stereocenters. The average molecular weight is 392 g/mol. The van der Waals surface area contributed by atoms with Crippen molar-refractivity contribution in [2.75, 3.05) is 12.4 Å². The SMILES string of the molecule is COc1ccccc1/C=C/C(=O)OC(C(=O)Nc1cc(C)on1)c1ccccc1. The predicted molar refractivity (Wildman–Crippen MR) is 107 cm³/mol. The highest BCUT2D eigenvalue weighted by molar-refractivity contribution is 5.97. The highest BCUT2D eigenvalue weighted by Gasteiger charge is 2.25. The van der Waals surface area contributed by atoms with E-state index in [-0.39, 0.29) is 5.82 Å². The molecule has 0 radical (unpaired) electrons. The molecule has 0 aliphatic rings. The summed E-state index contributed by atoms with van der Waals surface area (Å²) in [6.45, 7) is 1.71. The summed E-state index contributed by atoms with van der Waals surface area (Å²) in [7, 11) is 1.55. The molecular formula is C22H20N2O5. The Bertz CT molecular complexity index is 1010. The van der Waals surface area contributed by atoms with Crippen molar-refractivity contribution in [1.82, 2.24) is 5.16 Å². The van der Waals surface area contributed by atoms with Gasteiger partial charge < -0.3 is 19.3 Å². The Morgan fingerprint density at radius 3 is 2.52 bits per heavy atom. The molecule has 3 rings (SSSR count). The Kier molecular flexibility index (Phi) is 6.42. The van der Waals surface area contributed by atoms with Gasteiger partial charge in [0.1, 0.15) is 11.5 Å². The van der Waals surface area contributed by atoms with Crippen molar-refractivity contribution in [3.63, 3.8) is 0 Å². The van der Waals surface area contributed by atoms with Crippen molar-refractivity contribution in [3.05, 3.63) is 83.6 Å². The number of carbonyl (C=O) groups is 2. The first-order valence-corrected chi connectivity index (χ1v) is 8.87. The summed E-state index contributed by atoms with van der Waals surface area (Å²) in [5, 5.41) is 6.32. The van der Waals surface area contributed by atoms with Crippen LogP contribution in [-0.2, 0) is 14.3 Å². The number of hydrogen-bond donors (Lipinski definition) is 1. The minimum absolute atomic E-state index is 0.244. The number of carbonyl (C=O) groups excluding carboxylic acids is 2. The first-order chi connectivity index (χ1) is 14.1. The van der Waals surface area contributed by atoms with Gasteiger partial charge in [0, 0.05) is 23.3 Å². The Morgan fingerprint density at radius 1 is 1.10 bits per heavy atom. The Labute approximate surface area is 167 Å². The molecule has 1 N–H and O–H groups in total. The number of benzene rings is 2. The molecule has 148 valence electrons. The van der Waals surface area contributed by atoms with Crippen LogP contribution in [0.3, 0.4) is 0 Å². The molecule has 0 aliphatic heterocycles. The topological polar surface area (TPSA) is 90.7 Å². The summed E-state index contributed by atoms with van der Waals surface area (Å²) in [6.07, 6.45) is 1.67.